The number of carbonyl (C=O) groups excluding carboxylic acids is 2. The quantitative estimate of drug-likeness (QED) is 0.125. The van der Waals surface area contributed by atoms with Crippen LogP contribution in [-0.4, -0.2) is 50.0 Å². The zero-order valence-electron chi connectivity index (χ0n) is 28.1. The highest BCUT2D eigenvalue weighted by atomic mass is 32.1. The zero-order chi connectivity index (χ0) is 35.3. The molecule has 0 radical (unpaired) electrons. The third-order valence-corrected chi connectivity index (χ3v) is 9.69. The van der Waals surface area contributed by atoms with Crippen molar-refractivity contribution in [3.63, 3.8) is 0 Å². The number of carboxylic acids is 1. The fourth-order valence-electron chi connectivity index (χ4n) is 5.13. The molecule has 2 heterocycles. The third-order valence-electron chi connectivity index (χ3n) is 8.18. The number of aromatic nitrogens is 2. The molecule has 0 aliphatic carbocycles. The van der Waals surface area contributed by atoms with Crippen molar-refractivity contribution in [1.82, 2.24) is 20.6 Å². The van der Waals surface area contributed by atoms with E-state index < -0.39 is 36.0 Å². The fourth-order valence-corrected chi connectivity index (χ4v) is 6.10. The summed E-state index contributed by atoms with van der Waals surface area (Å²) in [7, 11) is 0. The molecule has 3 aromatic carbocycles. The van der Waals surface area contributed by atoms with Crippen molar-refractivity contribution in [2.24, 2.45) is 0 Å². The Morgan fingerprint density at radius 3 is 1.90 bits per heavy atom. The van der Waals surface area contributed by atoms with Crippen molar-refractivity contribution >= 4 is 29.1 Å². The molecule has 0 spiro atoms. The Morgan fingerprint density at radius 2 is 1.35 bits per heavy atom. The fraction of sp³-hybridized carbons (Fsp3) is 0.256. The van der Waals surface area contributed by atoms with Crippen LogP contribution in [0.1, 0.15) is 70.6 Å². The molecule has 5 rings (SSSR count). The molecule has 0 aliphatic rings. The van der Waals surface area contributed by atoms with Gasteiger partial charge < -0.3 is 20.8 Å². The Morgan fingerprint density at radius 1 is 0.776 bits per heavy atom. The Labute approximate surface area is 290 Å². The van der Waals surface area contributed by atoms with Gasteiger partial charge in [0.25, 0.3) is 5.91 Å². The van der Waals surface area contributed by atoms with Crippen LogP contribution in [0, 0.1) is 6.92 Å². The number of aryl methyl sites for hydroxylation is 1. The van der Waals surface area contributed by atoms with Gasteiger partial charge in [-0.2, -0.15) is 0 Å². The Hall–Kier alpha value is -5.19. The van der Waals surface area contributed by atoms with Crippen molar-refractivity contribution in [1.29, 1.82) is 0 Å². The molecule has 0 bridgehead atoms. The third kappa shape index (κ3) is 8.84. The van der Waals surface area contributed by atoms with Gasteiger partial charge in [-0.1, -0.05) is 99.1 Å². The number of aliphatic hydroxyl groups excluding tert-OH is 1. The van der Waals surface area contributed by atoms with Crippen molar-refractivity contribution < 1.29 is 24.6 Å². The second kappa shape index (κ2) is 14.9. The van der Waals surface area contributed by atoms with E-state index in [4.69, 9.17) is 0 Å². The van der Waals surface area contributed by atoms with E-state index in [1.807, 2.05) is 85.8 Å². The lowest BCUT2D eigenvalue weighted by Crippen LogP contribution is -2.51. The van der Waals surface area contributed by atoms with Crippen LogP contribution >= 0.6 is 11.3 Å². The standard InChI is InChI=1S/C39H40N4O5S/c1-23-6-10-27(11-7-23)34(44)28-16-14-26(15-17-28)30-21-40-35(41-22-30)29-12-8-25(9-13-29)20-31(36(45)42-24(2)38(47)48)43-37(46)32-18-19-33(49-32)39(3,4)5/h6-19,21-22,24,31,34,44H,20H2,1-5H3,(H,42,45)(H,43,46)(H,47,48). The summed E-state index contributed by atoms with van der Waals surface area (Å²) in [5, 5.41) is 25.4. The largest absolute Gasteiger partial charge is 0.480 e. The minimum absolute atomic E-state index is 0.124. The maximum Gasteiger partial charge on any atom is 0.325 e. The lowest BCUT2D eigenvalue weighted by Gasteiger charge is -2.20. The molecule has 9 nitrogen and oxygen atoms in total. The molecular formula is C39H40N4O5S. The number of carbonyl (C=O) groups is 3. The topological polar surface area (TPSA) is 142 Å². The Bertz CT molecular complexity index is 1910. The molecule has 3 atom stereocenters. The van der Waals surface area contributed by atoms with Gasteiger partial charge in [-0.15, -0.1) is 11.3 Å². The summed E-state index contributed by atoms with van der Waals surface area (Å²) < 4.78 is 0. The van der Waals surface area contributed by atoms with Crippen LogP contribution in [0.5, 0.6) is 0 Å². The van der Waals surface area contributed by atoms with E-state index in [1.54, 1.807) is 18.5 Å². The van der Waals surface area contributed by atoms with Gasteiger partial charge in [0.05, 0.1) is 4.88 Å². The predicted molar refractivity (Wildman–Crippen MR) is 191 cm³/mol. The first-order valence-corrected chi connectivity index (χ1v) is 16.8. The molecule has 49 heavy (non-hydrogen) atoms. The van der Waals surface area contributed by atoms with E-state index in [9.17, 15) is 24.6 Å². The van der Waals surface area contributed by atoms with E-state index >= 15 is 0 Å². The number of hydrogen-bond acceptors (Lipinski definition) is 7. The molecule has 252 valence electrons. The summed E-state index contributed by atoms with van der Waals surface area (Å²) >= 11 is 1.37. The van der Waals surface area contributed by atoms with E-state index in [-0.39, 0.29) is 11.8 Å². The Kier molecular flexibility index (Phi) is 10.7. The van der Waals surface area contributed by atoms with Crippen molar-refractivity contribution in [3.05, 3.63) is 129 Å². The molecule has 2 aromatic heterocycles. The summed E-state index contributed by atoms with van der Waals surface area (Å²) in [5.41, 5.74) is 5.92. The lowest BCUT2D eigenvalue weighted by atomic mass is 9.95. The van der Waals surface area contributed by atoms with Crippen LogP contribution in [0.2, 0.25) is 0 Å². The SMILES string of the molecule is Cc1ccc(C(O)c2ccc(-c3cnc(-c4ccc(CC(NC(=O)c5ccc(C(C)(C)C)s5)C(=O)NC(C)C(=O)O)cc4)nc3)cc2)cc1. The van der Waals surface area contributed by atoms with Gasteiger partial charge in [-0.05, 0) is 53.6 Å². The van der Waals surface area contributed by atoms with E-state index in [1.165, 1.54) is 18.3 Å². The number of benzene rings is 3. The van der Waals surface area contributed by atoms with Gasteiger partial charge in [0.2, 0.25) is 5.91 Å². The van der Waals surface area contributed by atoms with Crippen molar-refractivity contribution in [2.75, 3.05) is 0 Å². The number of aliphatic hydroxyl groups is 1. The zero-order valence-corrected chi connectivity index (χ0v) is 28.9. The molecule has 0 aliphatic heterocycles. The molecular weight excluding hydrogens is 637 g/mol. The van der Waals surface area contributed by atoms with Crippen LogP contribution in [0.3, 0.4) is 0 Å². The normalized spacial score (nSPS) is 13.3. The highest BCUT2D eigenvalue weighted by Crippen LogP contribution is 2.30. The number of nitrogens with zero attached hydrogens (tertiary/aromatic N) is 2. The predicted octanol–water partition coefficient (Wildman–Crippen LogP) is 6.49. The van der Waals surface area contributed by atoms with Crippen LogP contribution in [0.15, 0.2) is 97.3 Å². The highest BCUT2D eigenvalue weighted by Gasteiger charge is 2.26. The summed E-state index contributed by atoms with van der Waals surface area (Å²) in [6, 6.07) is 24.4. The van der Waals surface area contributed by atoms with Gasteiger partial charge in [0.15, 0.2) is 5.82 Å². The molecule has 5 aromatic rings. The lowest BCUT2D eigenvalue weighted by molar-refractivity contribution is -0.141. The first-order valence-electron chi connectivity index (χ1n) is 16.0. The van der Waals surface area contributed by atoms with E-state index in [0.29, 0.717) is 10.7 Å². The average Bonchev–Trinajstić information content (AvgIpc) is 3.60. The van der Waals surface area contributed by atoms with Gasteiger partial charge >= 0.3 is 5.97 Å². The minimum atomic E-state index is -1.17. The summed E-state index contributed by atoms with van der Waals surface area (Å²) in [5.74, 6) is -1.63. The molecule has 3 unspecified atom stereocenters. The summed E-state index contributed by atoms with van der Waals surface area (Å²) in [6.45, 7) is 9.57. The summed E-state index contributed by atoms with van der Waals surface area (Å²) in [6.07, 6.45) is 2.93. The molecule has 0 saturated carbocycles. The molecule has 0 saturated heterocycles. The number of rotatable bonds is 11. The number of thiophene rings is 1. The number of amides is 2. The minimum Gasteiger partial charge on any atom is -0.480 e. The molecule has 10 heteroatoms. The first-order chi connectivity index (χ1) is 23.3. The number of carboxylic acid groups (broad SMARTS) is 1. The van der Waals surface area contributed by atoms with E-state index in [0.717, 1.165) is 43.8 Å². The van der Waals surface area contributed by atoms with Crippen molar-refractivity contribution in [3.8, 4) is 22.5 Å². The maximum absolute atomic E-state index is 13.2. The van der Waals surface area contributed by atoms with Crippen LogP contribution in [0.25, 0.3) is 22.5 Å². The van der Waals surface area contributed by atoms with Gasteiger partial charge in [-0.3, -0.25) is 14.4 Å². The van der Waals surface area contributed by atoms with Gasteiger partial charge in [0, 0.05) is 34.8 Å². The molecule has 0 fully saturated rings. The molecule has 4 N–H and O–H groups in total. The summed E-state index contributed by atoms with van der Waals surface area (Å²) in [4.78, 5) is 48.4. The maximum atomic E-state index is 13.2. The molecule has 2 amide bonds. The van der Waals surface area contributed by atoms with Gasteiger partial charge in [0.1, 0.15) is 18.2 Å². The van der Waals surface area contributed by atoms with Crippen molar-refractivity contribution in [2.45, 2.75) is 64.6 Å². The average molecular weight is 677 g/mol. The number of nitrogens with one attached hydrogen (secondary N) is 2. The number of hydrogen-bond donors (Lipinski definition) is 4. The van der Waals surface area contributed by atoms with Crippen LogP contribution in [-0.2, 0) is 21.4 Å². The Balaban J connectivity index is 1.27. The second-order valence-electron chi connectivity index (χ2n) is 13.1. The smallest absolute Gasteiger partial charge is 0.325 e. The van der Waals surface area contributed by atoms with Crippen LogP contribution in [0.4, 0.5) is 0 Å². The van der Waals surface area contributed by atoms with Crippen LogP contribution < -0.4 is 10.6 Å². The number of aliphatic carboxylic acids is 1. The monoisotopic (exact) mass is 676 g/mol. The van der Waals surface area contributed by atoms with Gasteiger partial charge in [-0.25, -0.2) is 9.97 Å². The second-order valence-corrected chi connectivity index (χ2v) is 14.2. The first kappa shape index (κ1) is 35.1. The highest BCUT2D eigenvalue weighted by molar-refractivity contribution is 7.14. The van der Waals surface area contributed by atoms with E-state index in [2.05, 4.69) is 41.4 Å².